The third-order valence-electron chi connectivity index (χ3n) is 4.28. The number of carbonyl (C=O) groups excluding carboxylic acids is 1. The zero-order valence-corrected chi connectivity index (χ0v) is 15.8. The highest BCUT2D eigenvalue weighted by molar-refractivity contribution is 7.18. The van der Waals surface area contributed by atoms with Crippen LogP contribution in [0.15, 0.2) is 24.3 Å². The monoisotopic (exact) mass is 375 g/mol. The van der Waals surface area contributed by atoms with Crippen molar-refractivity contribution < 1.29 is 4.79 Å². The van der Waals surface area contributed by atoms with Gasteiger partial charge >= 0.3 is 0 Å². The first-order valence-corrected chi connectivity index (χ1v) is 8.31. The van der Waals surface area contributed by atoms with Crippen LogP contribution in [0, 0.1) is 5.92 Å². The standard InChI is InChI=1S/C16H21N3OS.2ClH/c1-11(15-18-13-5-3-4-6-14(13)21-15)19(2)16(20)12-7-9-17-10-8-12;;/h3-6,11-12,17H,7-10H2,1-2H3;2*1H. The number of aromatic nitrogens is 1. The van der Waals surface area contributed by atoms with Gasteiger partial charge in [-0.05, 0) is 45.0 Å². The summed E-state index contributed by atoms with van der Waals surface area (Å²) in [6.45, 7) is 3.95. The fraction of sp³-hybridized carbons (Fsp3) is 0.500. The first-order valence-electron chi connectivity index (χ1n) is 7.49. The Kier molecular flexibility index (Phi) is 7.74. The molecule has 1 N–H and O–H groups in total. The Morgan fingerprint density at radius 2 is 1.96 bits per heavy atom. The van der Waals surface area contributed by atoms with E-state index in [1.165, 1.54) is 4.70 Å². The molecule has 2 aromatic rings. The largest absolute Gasteiger partial charge is 0.336 e. The molecule has 1 aromatic carbocycles. The highest BCUT2D eigenvalue weighted by Crippen LogP contribution is 2.30. The minimum Gasteiger partial charge on any atom is -0.336 e. The molecular weight excluding hydrogens is 353 g/mol. The third-order valence-corrected chi connectivity index (χ3v) is 5.49. The molecule has 3 rings (SSSR count). The molecule has 2 heterocycles. The molecule has 128 valence electrons. The van der Waals surface area contributed by atoms with Crippen molar-refractivity contribution in [3.05, 3.63) is 29.3 Å². The molecule has 0 radical (unpaired) electrons. The molecule has 23 heavy (non-hydrogen) atoms. The SMILES string of the molecule is CC(c1nc2ccccc2s1)N(C)C(=O)C1CCNCC1.Cl.Cl. The Bertz CT molecular complexity index is 610. The van der Waals surface area contributed by atoms with E-state index in [4.69, 9.17) is 0 Å². The minimum atomic E-state index is 0. The first kappa shape index (κ1) is 20.2. The second-order valence-electron chi connectivity index (χ2n) is 5.67. The number of benzene rings is 1. The van der Waals surface area contributed by atoms with Gasteiger partial charge in [-0.3, -0.25) is 4.79 Å². The zero-order valence-electron chi connectivity index (χ0n) is 13.3. The van der Waals surface area contributed by atoms with Gasteiger partial charge in [0.1, 0.15) is 5.01 Å². The van der Waals surface area contributed by atoms with Crippen LogP contribution in [0.2, 0.25) is 0 Å². The van der Waals surface area contributed by atoms with Gasteiger partial charge in [0, 0.05) is 13.0 Å². The number of thiazole rings is 1. The lowest BCUT2D eigenvalue weighted by Crippen LogP contribution is -2.40. The van der Waals surface area contributed by atoms with Gasteiger partial charge in [-0.2, -0.15) is 0 Å². The number of halogens is 2. The van der Waals surface area contributed by atoms with E-state index in [9.17, 15) is 4.79 Å². The Hall–Kier alpha value is -0.880. The number of piperidine rings is 1. The number of nitrogens with one attached hydrogen (secondary N) is 1. The maximum absolute atomic E-state index is 12.6. The summed E-state index contributed by atoms with van der Waals surface area (Å²) in [7, 11) is 1.90. The summed E-state index contributed by atoms with van der Waals surface area (Å²) in [5, 5.41) is 4.32. The summed E-state index contributed by atoms with van der Waals surface area (Å²) >= 11 is 1.68. The molecule has 0 spiro atoms. The van der Waals surface area contributed by atoms with E-state index in [0.29, 0.717) is 0 Å². The Morgan fingerprint density at radius 1 is 1.30 bits per heavy atom. The van der Waals surface area contributed by atoms with Crippen LogP contribution in [0.25, 0.3) is 10.2 Å². The van der Waals surface area contributed by atoms with Gasteiger partial charge in [-0.1, -0.05) is 12.1 Å². The van der Waals surface area contributed by atoms with Crippen molar-refractivity contribution in [1.82, 2.24) is 15.2 Å². The Labute approximate surface area is 153 Å². The van der Waals surface area contributed by atoms with E-state index in [0.717, 1.165) is 36.5 Å². The number of carbonyl (C=O) groups is 1. The summed E-state index contributed by atoms with van der Waals surface area (Å²) in [6, 6.07) is 8.16. The zero-order chi connectivity index (χ0) is 14.8. The van der Waals surface area contributed by atoms with Crippen molar-refractivity contribution in [2.24, 2.45) is 5.92 Å². The van der Waals surface area contributed by atoms with E-state index in [1.807, 2.05) is 30.1 Å². The topological polar surface area (TPSA) is 45.2 Å². The number of para-hydroxylation sites is 1. The molecule has 1 aliphatic rings. The molecule has 0 saturated carbocycles. The maximum atomic E-state index is 12.6. The number of rotatable bonds is 3. The molecule has 0 aliphatic carbocycles. The predicted molar refractivity (Wildman–Crippen MR) is 101 cm³/mol. The van der Waals surface area contributed by atoms with Gasteiger partial charge in [0.2, 0.25) is 5.91 Å². The van der Waals surface area contributed by atoms with Gasteiger partial charge in [-0.15, -0.1) is 36.2 Å². The van der Waals surface area contributed by atoms with Crippen LogP contribution in [0.5, 0.6) is 0 Å². The molecule has 4 nitrogen and oxygen atoms in total. The quantitative estimate of drug-likeness (QED) is 0.889. The van der Waals surface area contributed by atoms with Crippen LogP contribution in [0.4, 0.5) is 0 Å². The highest BCUT2D eigenvalue weighted by atomic mass is 35.5. The first-order chi connectivity index (χ1) is 10.2. The Balaban J connectivity index is 0.00000132. The average molecular weight is 376 g/mol. The van der Waals surface area contributed by atoms with Crippen LogP contribution >= 0.6 is 36.2 Å². The van der Waals surface area contributed by atoms with Crippen molar-refractivity contribution >= 4 is 52.3 Å². The fourth-order valence-electron chi connectivity index (χ4n) is 2.78. The molecule has 1 amide bonds. The molecular formula is C16H23Cl2N3OS. The van der Waals surface area contributed by atoms with Crippen molar-refractivity contribution in [1.29, 1.82) is 0 Å². The highest BCUT2D eigenvalue weighted by Gasteiger charge is 2.28. The predicted octanol–water partition coefficient (Wildman–Crippen LogP) is 3.66. The van der Waals surface area contributed by atoms with Crippen molar-refractivity contribution in [2.75, 3.05) is 20.1 Å². The number of nitrogens with zero attached hydrogens (tertiary/aromatic N) is 2. The fourth-order valence-corrected chi connectivity index (χ4v) is 3.84. The van der Waals surface area contributed by atoms with E-state index in [-0.39, 0.29) is 42.7 Å². The lowest BCUT2D eigenvalue weighted by atomic mass is 9.96. The van der Waals surface area contributed by atoms with E-state index in [2.05, 4.69) is 23.3 Å². The lowest BCUT2D eigenvalue weighted by molar-refractivity contribution is -0.137. The molecule has 1 saturated heterocycles. The summed E-state index contributed by atoms with van der Waals surface area (Å²) in [5.41, 5.74) is 1.02. The molecule has 1 aliphatic heterocycles. The number of amides is 1. The van der Waals surface area contributed by atoms with Gasteiger partial charge in [-0.25, -0.2) is 4.98 Å². The number of hydrogen-bond acceptors (Lipinski definition) is 4. The van der Waals surface area contributed by atoms with Crippen molar-refractivity contribution in [2.45, 2.75) is 25.8 Å². The smallest absolute Gasteiger partial charge is 0.226 e. The van der Waals surface area contributed by atoms with Gasteiger partial charge in [0.15, 0.2) is 0 Å². The second-order valence-corrected chi connectivity index (χ2v) is 6.73. The summed E-state index contributed by atoms with van der Waals surface area (Å²) in [5.74, 6) is 0.413. The summed E-state index contributed by atoms with van der Waals surface area (Å²) in [6.07, 6.45) is 1.88. The van der Waals surface area contributed by atoms with Crippen LogP contribution in [0.3, 0.4) is 0 Å². The van der Waals surface area contributed by atoms with Crippen LogP contribution in [0.1, 0.15) is 30.8 Å². The Morgan fingerprint density at radius 3 is 2.61 bits per heavy atom. The number of hydrogen-bond donors (Lipinski definition) is 1. The van der Waals surface area contributed by atoms with Gasteiger partial charge < -0.3 is 10.2 Å². The normalized spacial score (nSPS) is 16.3. The van der Waals surface area contributed by atoms with Crippen LogP contribution in [-0.4, -0.2) is 35.9 Å². The molecule has 1 aromatic heterocycles. The maximum Gasteiger partial charge on any atom is 0.226 e. The molecule has 0 bridgehead atoms. The van der Waals surface area contributed by atoms with Crippen molar-refractivity contribution in [3.8, 4) is 0 Å². The molecule has 7 heteroatoms. The summed E-state index contributed by atoms with van der Waals surface area (Å²) in [4.78, 5) is 19.1. The van der Waals surface area contributed by atoms with E-state index < -0.39 is 0 Å². The second kappa shape index (κ2) is 8.83. The average Bonchev–Trinajstić information content (AvgIpc) is 2.97. The number of fused-ring (bicyclic) bond motifs is 1. The molecule has 1 atom stereocenters. The van der Waals surface area contributed by atoms with E-state index in [1.54, 1.807) is 11.3 Å². The van der Waals surface area contributed by atoms with Crippen LogP contribution in [-0.2, 0) is 4.79 Å². The molecule has 1 fully saturated rings. The summed E-state index contributed by atoms with van der Waals surface area (Å²) < 4.78 is 1.18. The van der Waals surface area contributed by atoms with E-state index >= 15 is 0 Å². The van der Waals surface area contributed by atoms with Gasteiger partial charge in [0.05, 0.1) is 16.3 Å². The minimum absolute atomic E-state index is 0. The van der Waals surface area contributed by atoms with Crippen LogP contribution < -0.4 is 5.32 Å². The third kappa shape index (κ3) is 4.35. The molecule has 1 unspecified atom stereocenters. The lowest BCUT2D eigenvalue weighted by Gasteiger charge is -2.30. The van der Waals surface area contributed by atoms with Gasteiger partial charge in [0.25, 0.3) is 0 Å². The van der Waals surface area contributed by atoms with Crippen molar-refractivity contribution in [3.63, 3.8) is 0 Å².